The van der Waals surface area contributed by atoms with Gasteiger partial charge in [0, 0.05) is 32.2 Å². The number of hydrazine groups is 1. The molecule has 1 saturated carbocycles. The number of sulfone groups is 1. The summed E-state index contributed by atoms with van der Waals surface area (Å²) in [6, 6.07) is 8.89. The van der Waals surface area contributed by atoms with E-state index in [-0.39, 0.29) is 36.9 Å². The van der Waals surface area contributed by atoms with Gasteiger partial charge in [-0.3, -0.25) is 25.5 Å². The number of amides is 2. The van der Waals surface area contributed by atoms with Crippen LogP contribution in [0.2, 0.25) is 0 Å². The van der Waals surface area contributed by atoms with E-state index in [9.17, 15) is 23.1 Å². The number of benzene rings is 1. The van der Waals surface area contributed by atoms with Crippen molar-refractivity contribution in [3.8, 4) is 6.07 Å². The van der Waals surface area contributed by atoms with Crippen LogP contribution in [-0.2, 0) is 29.9 Å². The number of nitrogens with one attached hydrogen (secondary N) is 2. The van der Waals surface area contributed by atoms with Crippen LogP contribution < -0.4 is 16.6 Å². The molecule has 216 valence electrons. The number of aliphatic hydroxyl groups excluding tert-OH is 1. The van der Waals surface area contributed by atoms with E-state index in [0.717, 1.165) is 5.56 Å². The summed E-state index contributed by atoms with van der Waals surface area (Å²) >= 11 is 0. The molecule has 1 aliphatic carbocycles. The monoisotopic (exact) mass is 571 g/mol. The third kappa shape index (κ3) is 4.89. The molecule has 0 bridgehead atoms. The summed E-state index contributed by atoms with van der Waals surface area (Å²) in [5.74, 6) is 4.77. The maximum absolute atomic E-state index is 13.9. The van der Waals surface area contributed by atoms with Crippen molar-refractivity contribution in [2.45, 2.75) is 74.6 Å². The summed E-state index contributed by atoms with van der Waals surface area (Å²) in [6.07, 6.45) is -0.195. The molecule has 2 amide bonds. The van der Waals surface area contributed by atoms with Gasteiger partial charge in [-0.1, -0.05) is 12.1 Å². The Balaban J connectivity index is 1.51. The fourth-order valence-electron chi connectivity index (χ4n) is 5.52. The smallest absolute Gasteiger partial charge is 0.272 e. The SMILES string of the molecule is Cn1nc(C(=O)NCc2ccc(C#N)cc2)c2c1C(=O)N(CC1(S(=O)(=O)C(C)(C)C(O)C(C)(C)NN)CC1)CC2. The number of aryl methyl sites for hydroxylation is 1. The van der Waals surface area contributed by atoms with Gasteiger partial charge in [0.2, 0.25) is 0 Å². The van der Waals surface area contributed by atoms with Gasteiger partial charge in [-0.15, -0.1) is 0 Å². The van der Waals surface area contributed by atoms with Crippen molar-refractivity contribution in [2.24, 2.45) is 12.9 Å². The number of nitriles is 1. The summed E-state index contributed by atoms with van der Waals surface area (Å²) in [5, 5.41) is 27.1. The minimum absolute atomic E-state index is 0.00829. The van der Waals surface area contributed by atoms with Gasteiger partial charge >= 0.3 is 0 Å². The Kier molecular flexibility index (Phi) is 7.61. The maximum Gasteiger partial charge on any atom is 0.272 e. The number of hydrogen-bond acceptors (Lipinski definition) is 9. The quantitative estimate of drug-likeness (QED) is 0.234. The van der Waals surface area contributed by atoms with Crippen LogP contribution in [0.5, 0.6) is 0 Å². The van der Waals surface area contributed by atoms with Crippen molar-refractivity contribution in [3.63, 3.8) is 0 Å². The standard InChI is InChI=1S/C27H37N7O5S/c1-25(2,32-29)24(37)26(3,4)40(38,39)27(11-12-27)16-34-13-10-19-20(31-33(5)21(19)23(34)36)22(35)30-15-18-8-6-17(14-28)7-9-18/h6-9,24,32,37H,10-13,15-16,29H2,1-5H3,(H,30,35). The van der Waals surface area contributed by atoms with Crippen LogP contribution in [0.25, 0.3) is 0 Å². The van der Waals surface area contributed by atoms with Gasteiger partial charge < -0.3 is 15.3 Å². The predicted molar refractivity (Wildman–Crippen MR) is 148 cm³/mol. The normalized spacial score (nSPS) is 17.6. The summed E-state index contributed by atoms with van der Waals surface area (Å²) in [4.78, 5) is 28.1. The molecule has 0 saturated heterocycles. The Morgan fingerprint density at radius 3 is 2.42 bits per heavy atom. The first-order valence-electron chi connectivity index (χ1n) is 13.1. The van der Waals surface area contributed by atoms with E-state index in [1.165, 1.54) is 23.4 Å². The highest BCUT2D eigenvalue weighted by atomic mass is 32.2. The molecule has 1 aliphatic heterocycles. The number of aliphatic hydroxyl groups is 1. The maximum atomic E-state index is 13.9. The van der Waals surface area contributed by atoms with Gasteiger partial charge in [0.05, 0.1) is 32.8 Å². The first-order valence-corrected chi connectivity index (χ1v) is 14.6. The van der Waals surface area contributed by atoms with Gasteiger partial charge in [-0.2, -0.15) is 10.4 Å². The number of nitrogens with two attached hydrogens (primary N) is 1. The number of nitrogens with zero attached hydrogens (tertiary/aromatic N) is 4. The Bertz CT molecular complexity index is 1470. The molecule has 0 radical (unpaired) electrons. The van der Waals surface area contributed by atoms with Crippen LogP contribution in [0, 0.1) is 11.3 Å². The molecule has 1 atom stereocenters. The van der Waals surface area contributed by atoms with E-state index in [1.807, 2.05) is 6.07 Å². The topological polar surface area (TPSA) is 183 Å². The summed E-state index contributed by atoms with van der Waals surface area (Å²) < 4.78 is 26.5. The second-order valence-corrected chi connectivity index (χ2v) is 14.8. The van der Waals surface area contributed by atoms with Crippen molar-refractivity contribution in [1.82, 2.24) is 25.4 Å². The number of hydrogen-bond donors (Lipinski definition) is 4. The van der Waals surface area contributed by atoms with Gasteiger partial charge in [-0.25, -0.2) is 8.42 Å². The van der Waals surface area contributed by atoms with Crippen LogP contribution in [0.3, 0.4) is 0 Å². The van der Waals surface area contributed by atoms with Crippen molar-refractivity contribution >= 4 is 21.7 Å². The molecule has 1 fully saturated rings. The Hall–Kier alpha value is -3.31. The zero-order chi connectivity index (χ0) is 29.7. The molecule has 1 aromatic heterocycles. The molecule has 2 aliphatic rings. The van der Waals surface area contributed by atoms with Crippen LogP contribution in [0.4, 0.5) is 0 Å². The van der Waals surface area contributed by atoms with Crippen LogP contribution >= 0.6 is 0 Å². The molecule has 1 aromatic carbocycles. The van der Waals surface area contributed by atoms with Crippen molar-refractivity contribution in [1.29, 1.82) is 5.26 Å². The highest BCUT2D eigenvalue weighted by Crippen LogP contribution is 2.50. The molecule has 13 heteroatoms. The van der Waals surface area contributed by atoms with E-state index in [2.05, 4.69) is 15.8 Å². The number of fused-ring (bicyclic) bond motifs is 1. The third-order valence-electron chi connectivity index (χ3n) is 8.28. The zero-order valence-electron chi connectivity index (χ0n) is 23.5. The second-order valence-electron chi connectivity index (χ2n) is 11.8. The lowest BCUT2D eigenvalue weighted by atomic mass is 9.89. The van der Waals surface area contributed by atoms with E-state index in [1.54, 1.807) is 45.2 Å². The van der Waals surface area contributed by atoms with Gasteiger partial charge in [-0.05, 0) is 64.7 Å². The zero-order valence-corrected chi connectivity index (χ0v) is 24.3. The minimum Gasteiger partial charge on any atom is -0.390 e. The molecular formula is C27H37N7O5S. The Morgan fingerprint density at radius 1 is 1.25 bits per heavy atom. The summed E-state index contributed by atoms with van der Waals surface area (Å²) in [6.45, 7) is 6.71. The lowest BCUT2D eigenvalue weighted by molar-refractivity contribution is 0.0514. The average Bonchev–Trinajstić information content (AvgIpc) is 3.64. The van der Waals surface area contributed by atoms with Crippen LogP contribution in [0.15, 0.2) is 24.3 Å². The first kappa shape index (κ1) is 29.7. The van der Waals surface area contributed by atoms with E-state index < -0.39 is 36.9 Å². The van der Waals surface area contributed by atoms with E-state index in [0.29, 0.717) is 30.4 Å². The van der Waals surface area contributed by atoms with Gasteiger partial charge in [0.15, 0.2) is 15.5 Å². The molecule has 1 unspecified atom stereocenters. The molecule has 2 heterocycles. The minimum atomic E-state index is -3.92. The molecule has 40 heavy (non-hydrogen) atoms. The lowest BCUT2D eigenvalue weighted by Gasteiger charge is -2.42. The van der Waals surface area contributed by atoms with Gasteiger partial charge in [0.1, 0.15) is 5.69 Å². The Morgan fingerprint density at radius 2 is 1.88 bits per heavy atom. The average molecular weight is 572 g/mol. The summed E-state index contributed by atoms with van der Waals surface area (Å²) in [5.41, 5.74) is 3.72. The summed E-state index contributed by atoms with van der Waals surface area (Å²) in [7, 11) is -2.33. The number of carbonyl (C=O) groups excluding carboxylic acids is 2. The molecular weight excluding hydrogens is 534 g/mol. The van der Waals surface area contributed by atoms with E-state index >= 15 is 0 Å². The second kappa shape index (κ2) is 10.3. The number of rotatable bonds is 10. The Labute approximate surface area is 234 Å². The molecule has 2 aromatic rings. The van der Waals surface area contributed by atoms with Crippen LogP contribution in [-0.4, -0.2) is 74.2 Å². The molecule has 4 rings (SSSR count). The fraction of sp³-hybridized carbons (Fsp3) is 0.556. The number of carbonyl (C=O) groups is 2. The predicted octanol–water partition coefficient (Wildman–Crippen LogP) is 0.549. The van der Waals surface area contributed by atoms with Crippen molar-refractivity contribution in [3.05, 3.63) is 52.3 Å². The van der Waals surface area contributed by atoms with Crippen molar-refractivity contribution in [2.75, 3.05) is 13.1 Å². The highest BCUT2D eigenvalue weighted by Gasteiger charge is 2.63. The molecule has 5 N–H and O–H groups in total. The van der Waals surface area contributed by atoms with Crippen molar-refractivity contribution < 1.29 is 23.1 Å². The fourth-order valence-corrected chi connectivity index (χ4v) is 8.19. The number of aromatic nitrogens is 2. The third-order valence-corrected chi connectivity index (χ3v) is 11.6. The highest BCUT2D eigenvalue weighted by molar-refractivity contribution is 7.94. The molecule has 12 nitrogen and oxygen atoms in total. The van der Waals surface area contributed by atoms with Crippen LogP contribution in [0.1, 0.15) is 78.2 Å². The lowest BCUT2D eigenvalue weighted by Crippen LogP contribution is -2.64. The van der Waals surface area contributed by atoms with E-state index in [4.69, 9.17) is 11.1 Å². The van der Waals surface area contributed by atoms with Gasteiger partial charge in [0.25, 0.3) is 11.8 Å². The largest absolute Gasteiger partial charge is 0.390 e. The molecule has 0 spiro atoms. The first-order chi connectivity index (χ1) is 18.6.